The summed E-state index contributed by atoms with van der Waals surface area (Å²) in [6, 6.07) is 0. The number of carbonyl (C=O) groups is 1. The Labute approximate surface area is 167 Å². The minimum absolute atomic E-state index is 0.147. The van der Waals surface area contributed by atoms with Gasteiger partial charge >= 0.3 is 5.97 Å². The summed E-state index contributed by atoms with van der Waals surface area (Å²) in [5, 5.41) is 9.90. The topological polar surface area (TPSA) is 55.8 Å². The van der Waals surface area contributed by atoms with Crippen molar-refractivity contribution < 1.29 is 19.4 Å². The molecule has 4 nitrogen and oxygen atoms in total. The lowest BCUT2D eigenvalue weighted by Gasteiger charge is -2.15. The molecule has 1 N–H and O–H groups in total. The summed E-state index contributed by atoms with van der Waals surface area (Å²) in [4.78, 5) is 11.7. The summed E-state index contributed by atoms with van der Waals surface area (Å²) in [5.41, 5.74) is 0. The molecule has 27 heavy (non-hydrogen) atoms. The van der Waals surface area contributed by atoms with E-state index in [-0.39, 0.29) is 18.4 Å². The maximum absolute atomic E-state index is 11.7. The standard InChI is InChI=1S/C23H44O4/c1-4-7-8-15-18-21(24)19-16-13-11-9-10-12-14-17-20-22(25)27-23(5-2)26-6-3/h13,16,21,23-24H,4-12,14-15,17-20H2,1-3H3/b16-13-/t21-,23?/m1/s1. The zero-order valence-electron chi connectivity index (χ0n) is 18.1. The molecule has 0 aromatic heterocycles. The molecular weight excluding hydrogens is 340 g/mol. The van der Waals surface area contributed by atoms with Crippen LogP contribution < -0.4 is 0 Å². The third-order valence-electron chi connectivity index (χ3n) is 4.67. The molecule has 0 saturated heterocycles. The van der Waals surface area contributed by atoms with E-state index < -0.39 is 0 Å². The normalized spacial score (nSPS) is 13.8. The van der Waals surface area contributed by atoms with Gasteiger partial charge in [-0.05, 0) is 39.0 Å². The number of ether oxygens (including phenoxy) is 2. The monoisotopic (exact) mass is 384 g/mol. The highest BCUT2D eigenvalue weighted by molar-refractivity contribution is 5.69. The van der Waals surface area contributed by atoms with Crippen molar-refractivity contribution in [2.45, 2.75) is 123 Å². The Morgan fingerprint density at radius 2 is 1.63 bits per heavy atom. The van der Waals surface area contributed by atoms with Gasteiger partial charge in [-0.2, -0.15) is 0 Å². The highest BCUT2D eigenvalue weighted by atomic mass is 16.7. The van der Waals surface area contributed by atoms with Gasteiger partial charge in [0.2, 0.25) is 6.29 Å². The Balaban J connectivity index is 3.44. The molecule has 0 radical (unpaired) electrons. The van der Waals surface area contributed by atoms with Crippen molar-refractivity contribution >= 4 is 5.97 Å². The molecule has 0 bridgehead atoms. The maximum atomic E-state index is 11.7. The molecule has 0 fully saturated rings. The lowest BCUT2D eigenvalue weighted by molar-refractivity contribution is -0.178. The number of carbonyl (C=O) groups excluding carboxylic acids is 1. The van der Waals surface area contributed by atoms with E-state index >= 15 is 0 Å². The maximum Gasteiger partial charge on any atom is 0.308 e. The van der Waals surface area contributed by atoms with Crippen LogP contribution in [0.4, 0.5) is 0 Å². The van der Waals surface area contributed by atoms with Crippen LogP contribution in [0.25, 0.3) is 0 Å². The first-order valence-corrected chi connectivity index (χ1v) is 11.3. The van der Waals surface area contributed by atoms with Crippen molar-refractivity contribution in [3.63, 3.8) is 0 Å². The zero-order chi connectivity index (χ0) is 20.2. The summed E-state index contributed by atoms with van der Waals surface area (Å²) in [6.45, 7) is 6.63. The molecule has 4 heteroatoms. The van der Waals surface area contributed by atoms with Crippen LogP contribution in [0.2, 0.25) is 0 Å². The zero-order valence-corrected chi connectivity index (χ0v) is 18.1. The van der Waals surface area contributed by atoms with Crippen molar-refractivity contribution in [3.05, 3.63) is 12.2 Å². The number of hydrogen-bond acceptors (Lipinski definition) is 4. The predicted octanol–water partition coefficient (Wildman–Crippen LogP) is 6.31. The minimum Gasteiger partial charge on any atom is -0.436 e. The largest absolute Gasteiger partial charge is 0.436 e. The first kappa shape index (κ1) is 26.1. The Hall–Kier alpha value is -0.870. The Kier molecular flexibility index (Phi) is 19.2. The lowest BCUT2D eigenvalue weighted by Crippen LogP contribution is -2.20. The Morgan fingerprint density at radius 1 is 0.926 bits per heavy atom. The second kappa shape index (κ2) is 19.9. The molecule has 0 saturated carbocycles. The minimum atomic E-state index is -0.385. The first-order valence-electron chi connectivity index (χ1n) is 11.3. The van der Waals surface area contributed by atoms with Gasteiger partial charge in [0, 0.05) is 19.4 Å². The third-order valence-corrected chi connectivity index (χ3v) is 4.67. The van der Waals surface area contributed by atoms with Gasteiger partial charge in [0.1, 0.15) is 0 Å². The van der Waals surface area contributed by atoms with E-state index in [0.29, 0.717) is 19.4 Å². The van der Waals surface area contributed by atoms with Crippen LogP contribution in [0.15, 0.2) is 12.2 Å². The van der Waals surface area contributed by atoms with Crippen molar-refractivity contribution in [1.82, 2.24) is 0 Å². The number of aliphatic hydroxyl groups is 1. The van der Waals surface area contributed by atoms with E-state index in [9.17, 15) is 9.90 Å². The third kappa shape index (κ3) is 18.3. The number of unbranched alkanes of at least 4 members (excludes halogenated alkanes) is 8. The fourth-order valence-corrected chi connectivity index (χ4v) is 2.98. The molecule has 1 unspecified atom stereocenters. The molecule has 0 aliphatic heterocycles. The van der Waals surface area contributed by atoms with Gasteiger partial charge in [-0.1, -0.05) is 70.9 Å². The van der Waals surface area contributed by atoms with Gasteiger partial charge in [0.05, 0.1) is 6.10 Å². The Morgan fingerprint density at radius 3 is 2.33 bits per heavy atom. The number of hydrogen-bond donors (Lipinski definition) is 1. The summed E-state index contributed by atoms with van der Waals surface area (Å²) >= 11 is 0. The van der Waals surface area contributed by atoms with E-state index in [4.69, 9.17) is 9.47 Å². The highest BCUT2D eigenvalue weighted by Crippen LogP contribution is 2.11. The first-order chi connectivity index (χ1) is 13.1. The van der Waals surface area contributed by atoms with Crippen molar-refractivity contribution in [2.24, 2.45) is 0 Å². The van der Waals surface area contributed by atoms with Crippen LogP contribution >= 0.6 is 0 Å². The molecule has 2 atom stereocenters. The molecule has 0 aromatic carbocycles. The summed E-state index contributed by atoms with van der Waals surface area (Å²) in [5.74, 6) is -0.147. The average molecular weight is 385 g/mol. The predicted molar refractivity (Wildman–Crippen MR) is 113 cm³/mol. The van der Waals surface area contributed by atoms with E-state index in [1.807, 2.05) is 13.8 Å². The van der Waals surface area contributed by atoms with Gasteiger partial charge in [-0.25, -0.2) is 0 Å². The summed E-state index contributed by atoms with van der Waals surface area (Å²) in [7, 11) is 0. The number of esters is 1. The van der Waals surface area contributed by atoms with Crippen molar-refractivity contribution in [3.8, 4) is 0 Å². The summed E-state index contributed by atoms with van der Waals surface area (Å²) < 4.78 is 10.6. The van der Waals surface area contributed by atoms with Crippen molar-refractivity contribution in [1.29, 1.82) is 0 Å². The van der Waals surface area contributed by atoms with E-state index in [0.717, 1.165) is 44.9 Å². The lowest BCUT2D eigenvalue weighted by atomic mass is 10.1. The second-order valence-corrected chi connectivity index (χ2v) is 7.30. The molecule has 160 valence electrons. The Bertz CT molecular complexity index is 354. The van der Waals surface area contributed by atoms with Gasteiger partial charge < -0.3 is 14.6 Å². The molecule has 0 aliphatic rings. The number of aliphatic hydroxyl groups excluding tert-OH is 1. The molecule has 0 heterocycles. The quantitative estimate of drug-likeness (QED) is 0.123. The molecular formula is C23H44O4. The van der Waals surface area contributed by atoms with E-state index in [1.54, 1.807) is 0 Å². The molecule has 0 amide bonds. The fourth-order valence-electron chi connectivity index (χ4n) is 2.98. The second-order valence-electron chi connectivity index (χ2n) is 7.30. The highest BCUT2D eigenvalue weighted by Gasteiger charge is 2.11. The van der Waals surface area contributed by atoms with E-state index in [2.05, 4.69) is 19.1 Å². The van der Waals surface area contributed by atoms with Crippen LogP contribution in [-0.4, -0.2) is 30.1 Å². The number of rotatable bonds is 19. The smallest absolute Gasteiger partial charge is 0.308 e. The van der Waals surface area contributed by atoms with Crippen LogP contribution in [0, 0.1) is 0 Å². The molecule has 0 rings (SSSR count). The fraction of sp³-hybridized carbons (Fsp3) is 0.870. The van der Waals surface area contributed by atoms with Crippen LogP contribution in [0.5, 0.6) is 0 Å². The van der Waals surface area contributed by atoms with Crippen molar-refractivity contribution in [2.75, 3.05) is 6.61 Å². The van der Waals surface area contributed by atoms with Gasteiger partial charge in [0.25, 0.3) is 0 Å². The average Bonchev–Trinajstić information content (AvgIpc) is 2.66. The van der Waals surface area contributed by atoms with Crippen LogP contribution in [-0.2, 0) is 14.3 Å². The summed E-state index contributed by atoms with van der Waals surface area (Å²) in [6.07, 6.45) is 18.1. The van der Waals surface area contributed by atoms with E-state index in [1.165, 1.54) is 32.1 Å². The van der Waals surface area contributed by atoms with Crippen LogP contribution in [0.1, 0.15) is 111 Å². The van der Waals surface area contributed by atoms with Crippen LogP contribution in [0.3, 0.4) is 0 Å². The van der Waals surface area contributed by atoms with Gasteiger partial charge in [0.15, 0.2) is 0 Å². The van der Waals surface area contributed by atoms with Gasteiger partial charge in [-0.15, -0.1) is 0 Å². The molecule has 0 aliphatic carbocycles. The number of allylic oxidation sites excluding steroid dienone is 1. The molecule has 0 spiro atoms. The molecule has 0 aromatic rings. The SMILES string of the molecule is CCCCCC[C@@H](O)C/C=C\CCCCCCCC(=O)OC(CC)OCC. The van der Waals surface area contributed by atoms with Gasteiger partial charge in [-0.3, -0.25) is 4.79 Å².